The van der Waals surface area contributed by atoms with E-state index in [1.54, 1.807) is 30.3 Å². The lowest BCUT2D eigenvalue weighted by Crippen LogP contribution is -2.23. The fraction of sp³-hybridized carbons (Fsp3) is 0.316. The topological polar surface area (TPSA) is 61.8 Å². The van der Waals surface area contributed by atoms with Crippen molar-refractivity contribution in [2.24, 2.45) is 0 Å². The fourth-order valence-corrected chi connectivity index (χ4v) is 5.87. The van der Waals surface area contributed by atoms with Crippen LogP contribution < -0.4 is 9.47 Å². The molecule has 0 aliphatic carbocycles. The van der Waals surface area contributed by atoms with Crippen LogP contribution in [0.5, 0.6) is 11.5 Å². The summed E-state index contributed by atoms with van der Waals surface area (Å²) in [6.45, 7) is 5.82. The third-order valence-corrected chi connectivity index (χ3v) is 7.48. The van der Waals surface area contributed by atoms with Crippen molar-refractivity contribution in [1.82, 2.24) is 0 Å². The minimum atomic E-state index is -2.26. The van der Waals surface area contributed by atoms with Gasteiger partial charge in [0.1, 0.15) is 17.1 Å². The van der Waals surface area contributed by atoms with Gasteiger partial charge in [-0.3, -0.25) is 4.79 Å². The number of hydrogen-bond acceptors (Lipinski definition) is 5. The highest BCUT2D eigenvalue weighted by atomic mass is 31.1. The molecule has 2 aromatic carbocycles. The first kappa shape index (κ1) is 20.3. The first-order valence-electron chi connectivity index (χ1n) is 8.24. The molecule has 0 heterocycles. The molecular formula is C19H24O5PSi+. The van der Waals surface area contributed by atoms with Crippen LogP contribution in [-0.4, -0.2) is 28.3 Å². The second-order valence-electron chi connectivity index (χ2n) is 6.70. The van der Waals surface area contributed by atoms with Gasteiger partial charge in [-0.05, 0) is 36.3 Å². The van der Waals surface area contributed by atoms with Crippen molar-refractivity contribution in [2.75, 3.05) is 14.2 Å². The molecule has 0 saturated carbocycles. The molecule has 2 unspecified atom stereocenters. The van der Waals surface area contributed by atoms with Gasteiger partial charge in [-0.15, -0.1) is 0 Å². The van der Waals surface area contributed by atoms with E-state index in [0.29, 0.717) is 17.1 Å². The van der Waals surface area contributed by atoms with Crippen molar-refractivity contribution in [3.63, 3.8) is 0 Å². The Kier molecular flexibility index (Phi) is 6.70. The molecule has 0 spiro atoms. The summed E-state index contributed by atoms with van der Waals surface area (Å²) in [7, 11) is -1.38. The van der Waals surface area contributed by atoms with Crippen LogP contribution in [0.15, 0.2) is 48.5 Å². The minimum Gasteiger partial charge on any atom is -0.496 e. The Morgan fingerprint density at radius 1 is 0.923 bits per heavy atom. The predicted octanol–water partition coefficient (Wildman–Crippen LogP) is 5.22. The Bertz CT molecular complexity index is 764. The van der Waals surface area contributed by atoms with Crippen LogP contribution in [0.4, 0.5) is 0 Å². The highest BCUT2D eigenvalue weighted by Crippen LogP contribution is 2.48. The quantitative estimate of drug-likeness (QED) is 0.351. The predicted molar refractivity (Wildman–Crippen MR) is 105 cm³/mol. The molecule has 0 bridgehead atoms. The Hall–Kier alpha value is -2.01. The van der Waals surface area contributed by atoms with Gasteiger partial charge in [-0.1, -0.05) is 36.4 Å². The van der Waals surface area contributed by atoms with Gasteiger partial charge in [0.05, 0.1) is 14.2 Å². The molecule has 26 heavy (non-hydrogen) atoms. The van der Waals surface area contributed by atoms with Crippen molar-refractivity contribution < 1.29 is 23.0 Å². The lowest BCUT2D eigenvalue weighted by molar-refractivity contribution is 0.0979. The number of carbonyl (C=O) groups excluding carboxylic acids is 1. The standard InChI is InChI=1S/C19H24O5PSi/c1-22-15-12-9-13-16(23-2)17(15)18(20)19(14-10-7-6-8-11-14)25(21)24-26(3,4)5/h6-13,19H,1-5H3/q+1. The van der Waals surface area contributed by atoms with Gasteiger partial charge in [0.25, 0.3) is 14.0 Å². The van der Waals surface area contributed by atoms with E-state index in [9.17, 15) is 9.36 Å². The first-order valence-corrected chi connectivity index (χ1v) is 12.9. The maximum absolute atomic E-state index is 13.4. The molecule has 0 aromatic heterocycles. The number of ether oxygens (including phenoxy) is 2. The summed E-state index contributed by atoms with van der Waals surface area (Å²) in [5, 5.41) is 0. The van der Waals surface area contributed by atoms with Gasteiger partial charge in [0, 0.05) is 5.56 Å². The molecular weight excluding hydrogens is 367 g/mol. The zero-order valence-electron chi connectivity index (χ0n) is 15.7. The number of ketones is 1. The second kappa shape index (κ2) is 8.58. The zero-order chi connectivity index (χ0) is 19.3. The summed E-state index contributed by atoms with van der Waals surface area (Å²) in [4.78, 5) is 13.4. The molecule has 0 aliphatic heterocycles. The van der Waals surface area contributed by atoms with E-state index in [1.807, 2.05) is 37.8 Å². The van der Waals surface area contributed by atoms with E-state index in [1.165, 1.54) is 14.2 Å². The molecule has 2 rings (SSSR count). The molecule has 2 aromatic rings. The molecule has 0 N–H and O–H groups in total. The Labute approximate surface area is 156 Å². The maximum atomic E-state index is 13.4. The Morgan fingerprint density at radius 3 is 1.92 bits per heavy atom. The van der Waals surface area contributed by atoms with Crippen LogP contribution in [0.2, 0.25) is 19.6 Å². The molecule has 138 valence electrons. The van der Waals surface area contributed by atoms with Crippen LogP contribution in [0.3, 0.4) is 0 Å². The largest absolute Gasteiger partial charge is 0.512 e. The summed E-state index contributed by atoms with van der Waals surface area (Å²) < 4.78 is 29.5. The molecule has 0 aliphatic rings. The van der Waals surface area contributed by atoms with Crippen molar-refractivity contribution in [1.29, 1.82) is 0 Å². The van der Waals surface area contributed by atoms with E-state index < -0.39 is 22.0 Å². The maximum Gasteiger partial charge on any atom is 0.512 e. The number of rotatable bonds is 8. The molecule has 0 amide bonds. The minimum absolute atomic E-state index is 0.272. The summed E-state index contributed by atoms with van der Waals surface area (Å²) in [5.74, 6) is 0.420. The van der Waals surface area contributed by atoms with Gasteiger partial charge in [0.2, 0.25) is 5.78 Å². The van der Waals surface area contributed by atoms with E-state index in [2.05, 4.69) is 0 Å². The summed E-state index contributed by atoms with van der Waals surface area (Å²) in [6, 6.07) is 14.1. The number of Topliss-reactive ketones (excluding diaryl/α,β-unsaturated/α-hetero) is 1. The van der Waals surface area contributed by atoms with Crippen LogP contribution in [0.1, 0.15) is 21.6 Å². The Morgan fingerprint density at radius 2 is 1.46 bits per heavy atom. The van der Waals surface area contributed by atoms with Crippen molar-refractivity contribution >= 4 is 22.1 Å². The number of hydrogen-bond donors (Lipinski definition) is 0. The summed E-state index contributed by atoms with van der Waals surface area (Å²) in [6.07, 6.45) is 0. The molecule has 5 nitrogen and oxygen atoms in total. The average molecular weight is 391 g/mol. The lowest BCUT2D eigenvalue weighted by atomic mass is 10.0. The second-order valence-corrected chi connectivity index (χ2v) is 12.7. The lowest BCUT2D eigenvalue weighted by Gasteiger charge is -2.15. The number of carbonyl (C=O) groups is 1. The molecule has 0 fully saturated rings. The van der Waals surface area contributed by atoms with E-state index >= 15 is 0 Å². The van der Waals surface area contributed by atoms with Crippen molar-refractivity contribution in [3.8, 4) is 11.5 Å². The van der Waals surface area contributed by atoms with Crippen LogP contribution in [0, 0.1) is 0 Å². The SMILES string of the molecule is COc1cccc(OC)c1C(=O)C(c1ccccc1)[P+](=O)O[Si](C)(C)C. The van der Waals surface area contributed by atoms with E-state index in [4.69, 9.17) is 13.7 Å². The van der Waals surface area contributed by atoms with Crippen LogP contribution in [-0.2, 0) is 8.78 Å². The first-order chi connectivity index (χ1) is 12.3. The van der Waals surface area contributed by atoms with Gasteiger partial charge in [-0.2, -0.15) is 0 Å². The van der Waals surface area contributed by atoms with Crippen molar-refractivity contribution in [3.05, 3.63) is 59.7 Å². The molecule has 0 radical (unpaired) electrons. The van der Waals surface area contributed by atoms with Gasteiger partial charge in [-0.25, -0.2) is 4.21 Å². The monoisotopic (exact) mass is 391 g/mol. The smallest absolute Gasteiger partial charge is 0.496 e. The molecule has 7 heteroatoms. The Balaban J connectivity index is 2.56. The van der Waals surface area contributed by atoms with Gasteiger partial charge in [0.15, 0.2) is 0 Å². The van der Waals surface area contributed by atoms with Crippen LogP contribution in [0.25, 0.3) is 0 Å². The number of benzene rings is 2. The normalized spacial score (nSPS) is 13.0. The third-order valence-electron chi connectivity index (χ3n) is 3.61. The van der Waals surface area contributed by atoms with E-state index in [-0.39, 0.29) is 11.3 Å². The highest BCUT2D eigenvalue weighted by Gasteiger charge is 2.46. The van der Waals surface area contributed by atoms with Gasteiger partial charge < -0.3 is 9.47 Å². The molecule has 2 atom stereocenters. The molecule has 0 saturated heterocycles. The zero-order valence-corrected chi connectivity index (χ0v) is 17.6. The third kappa shape index (κ3) is 4.79. The van der Waals surface area contributed by atoms with Gasteiger partial charge >= 0.3 is 8.03 Å². The van der Waals surface area contributed by atoms with E-state index in [0.717, 1.165) is 0 Å². The number of methoxy groups -OCH3 is 2. The van der Waals surface area contributed by atoms with Crippen molar-refractivity contribution in [2.45, 2.75) is 25.3 Å². The summed E-state index contributed by atoms with van der Waals surface area (Å²) in [5.41, 5.74) is -0.0122. The summed E-state index contributed by atoms with van der Waals surface area (Å²) >= 11 is 0. The van der Waals surface area contributed by atoms with Crippen LogP contribution >= 0.6 is 8.03 Å². The average Bonchev–Trinajstić information content (AvgIpc) is 2.60. The highest BCUT2D eigenvalue weighted by molar-refractivity contribution is 7.43. The fourth-order valence-electron chi connectivity index (χ4n) is 2.56.